The van der Waals surface area contributed by atoms with Crippen molar-refractivity contribution < 1.29 is 0 Å². The van der Waals surface area contributed by atoms with Crippen molar-refractivity contribution in [2.24, 2.45) is 0 Å². The molecule has 1 aliphatic rings. The van der Waals surface area contributed by atoms with Gasteiger partial charge in [-0.2, -0.15) is 0 Å². The molecule has 2 nitrogen and oxygen atoms in total. The number of hydrogen-bond donors (Lipinski definition) is 0. The van der Waals surface area contributed by atoms with Crippen LogP contribution in [-0.2, 0) is 0 Å². The molecule has 0 amide bonds. The molecule has 1 aliphatic heterocycles. The molecule has 4 aromatic carbocycles. The Morgan fingerprint density at radius 2 is 0.765 bits per heavy atom. The van der Waals surface area contributed by atoms with Gasteiger partial charge in [-0.1, -0.05) is 120 Å². The number of benzene rings is 4. The molecule has 5 rings (SSSR count). The summed E-state index contributed by atoms with van der Waals surface area (Å²) in [6.45, 7) is 3.77. The Bertz CT molecular complexity index is 1110. The van der Waals surface area contributed by atoms with E-state index in [1.807, 2.05) is 24.3 Å². The molecule has 1 saturated heterocycles. The maximum Gasteiger partial charge on any atom is 0.0617 e. The van der Waals surface area contributed by atoms with Crippen LogP contribution in [0.15, 0.2) is 109 Å². The third-order valence-corrected chi connectivity index (χ3v) is 7.40. The lowest BCUT2D eigenvalue weighted by atomic mass is 9.94. The van der Waals surface area contributed by atoms with Crippen LogP contribution in [0.1, 0.15) is 34.3 Å². The Labute approximate surface area is 212 Å². The normalized spacial score (nSPS) is 16.8. The van der Waals surface area contributed by atoms with Crippen LogP contribution in [-0.4, -0.2) is 36.0 Å². The summed E-state index contributed by atoms with van der Waals surface area (Å²) < 4.78 is 0. The summed E-state index contributed by atoms with van der Waals surface area (Å²) in [7, 11) is 0. The van der Waals surface area contributed by atoms with E-state index >= 15 is 0 Å². The van der Waals surface area contributed by atoms with Crippen molar-refractivity contribution in [1.29, 1.82) is 0 Å². The van der Waals surface area contributed by atoms with Gasteiger partial charge in [0.2, 0.25) is 0 Å². The summed E-state index contributed by atoms with van der Waals surface area (Å²) in [4.78, 5) is 5.11. The highest BCUT2D eigenvalue weighted by Crippen LogP contribution is 2.37. The van der Waals surface area contributed by atoms with E-state index in [0.29, 0.717) is 0 Å². The Balaban J connectivity index is 1.44. The van der Waals surface area contributed by atoms with Crippen molar-refractivity contribution in [2.45, 2.75) is 12.1 Å². The first kappa shape index (κ1) is 23.1. The Kier molecular flexibility index (Phi) is 7.32. The summed E-state index contributed by atoms with van der Waals surface area (Å²) in [6.07, 6.45) is 0. The summed E-state index contributed by atoms with van der Waals surface area (Å²) in [5.74, 6) is 0. The second-order valence-corrected chi connectivity index (χ2v) is 9.56. The average Bonchev–Trinajstić information content (AvgIpc) is 2.89. The second kappa shape index (κ2) is 10.8. The lowest BCUT2D eigenvalue weighted by molar-refractivity contribution is 0.0899. The topological polar surface area (TPSA) is 6.48 Å². The maximum absolute atomic E-state index is 6.69. The smallest absolute Gasteiger partial charge is 0.0617 e. The Hall–Kier alpha value is -2.62. The highest BCUT2D eigenvalue weighted by molar-refractivity contribution is 6.31. The summed E-state index contributed by atoms with van der Waals surface area (Å²) in [6, 6.07) is 38.1. The molecule has 34 heavy (non-hydrogen) atoms. The lowest BCUT2D eigenvalue weighted by Gasteiger charge is -2.43. The molecular formula is C30H28Cl2N2. The van der Waals surface area contributed by atoms with Crippen LogP contribution in [0.25, 0.3) is 0 Å². The molecule has 4 aromatic rings. The molecule has 1 fully saturated rings. The van der Waals surface area contributed by atoms with Gasteiger partial charge < -0.3 is 0 Å². The van der Waals surface area contributed by atoms with E-state index in [1.54, 1.807) is 0 Å². The first-order valence-corrected chi connectivity index (χ1v) is 12.5. The van der Waals surface area contributed by atoms with Crippen LogP contribution in [0.2, 0.25) is 10.0 Å². The quantitative estimate of drug-likeness (QED) is 0.278. The predicted octanol–water partition coefficient (Wildman–Crippen LogP) is 7.49. The molecule has 4 heteroatoms. The van der Waals surface area contributed by atoms with E-state index in [0.717, 1.165) is 47.4 Å². The van der Waals surface area contributed by atoms with Crippen LogP contribution in [0.4, 0.5) is 0 Å². The van der Waals surface area contributed by atoms with Gasteiger partial charge in [-0.15, -0.1) is 0 Å². The van der Waals surface area contributed by atoms with Gasteiger partial charge in [0.1, 0.15) is 0 Å². The standard InChI is InChI=1S/C30H28Cl2N2/c31-27-17-9-7-15-25(27)29(23-11-3-1-4-12-23)33-19-21-34(22-20-33)30(24-13-5-2-6-14-24)26-16-8-10-18-28(26)32/h1-18,29-30H,19-22H2. The number of nitrogens with zero attached hydrogens (tertiary/aromatic N) is 2. The summed E-state index contributed by atoms with van der Waals surface area (Å²) in [5, 5.41) is 1.63. The van der Waals surface area contributed by atoms with E-state index in [1.165, 1.54) is 11.1 Å². The van der Waals surface area contributed by atoms with Gasteiger partial charge in [-0.3, -0.25) is 9.80 Å². The minimum Gasteiger partial charge on any atom is -0.290 e. The van der Waals surface area contributed by atoms with Gasteiger partial charge in [-0.05, 0) is 34.4 Å². The zero-order chi connectivity index (χ0) is 23.3. The Morgan fingerprint density at radius 1 is 0.441 bits per heavy atom. The van der Waals surface area contributed by atoms with Crippen LogP contribution < -0.4 is 0 Å². The molecule has 2 atom stereocenters. The molecule has 0 aromatic heterocycles. The Morgan fingerprint density at radius 3 is 1.12 bits per heavy atom. The summed E-state index contributed by atoms with van der Waals surface area (Å²) in [5.41, 5.74) is 4.87. The van der Waals surface area contributed by atoms with E-state index in [-0.39, 0.29) is 12.1 Å². The van der Waals surface area contributed by atoms with Crippen molar-refractivity contribution in [2.75, 3.05) is 26.2 Å². The first-order chi connectivity index (χ1) is 16.7. The zero-order valence-electron chi connectivity index (χ0n) is 19.0. The van der Waals surface area contributed by atoms with Crippen molar-refractivity contribution >= 4 is 23.2 Å². The molecule has 0 N–H and O–H groups in total. The second-order valence-electron chi connectivity index (χ2n) is 8.74. The van der Waals surface area contributed by atoms with E-state index in [4.69, 9.17) is 23.2 Å². The summed E-state index contributed by atoms with van der Waals surface area (Å²) >= 11 is 13.4. The largest absolute Gasteiger partial charge is 0.290 e. The van der Waals surface area contributed by atoms with E-state index in [2.05, 4.69) is 94.7 Å². The van der Waals surface area contributed by atoms with Gasteiger partial charge in [0.05, 0.1) is 12.1 Å². The van der Waals surface area contributed by atoms with Gasteiger partial charge >= 0.3 is 0 Å². The van der Waals surface area contributed by atoms with Crippen LogP contribution in [0, 0.1) is 0 Å². The molecule has 0 spiro atoms. The molecule has 0 radical (unpaired) electrons. The molecule has 2 unspecified atom stereocenters. The molecular weight excluding hydrogens is 459 g/mol. The van der Waals surface area contributed by atoms with Crippen LogP contribution in [0.5, 0.6) is 0 Å². The molecule has 0 aliphatic carbocycles. The van der Waals surface area contributed by atoms with Crippen LogP contribution >= 0.6 is 23.2 Å². The highest BCUT2D eigenvalue weighted by Gasteiger charge is 2.32. The predicted molar refractivity (Wildman–Crippen MR) is 143 cm³/mol. The number of halogens is 2. The SMILES string of the molecule is Clc1ccccc1C(c1ccccc1)N1CCN(C(c2ccccc2)c2ccccc2Cl)CC1. The molecule has 1 heterocycles. The minimum absolute atomic E-state index is 0.132. The van der Waals surface area contributed by atoms with Gasteiger partial charge in [-0.25, -0.2) is 0 Å². The van der Waals surface area contributed by atoms with E-state index < -0.39 is 0 Å². The van der Waals surface area contributed by atoms with Gasteiger partial charge in [0, 0.05) is 36.2 Å². The van der Waals surface area contributed by atoms with Gasteiger partial charge in [0.25, 0.3) is 0 Å². The first-order valence-electron chi connectivity index (χ1n) is 11.8. The monoisotopic (exact) mass is 486 g/mol. The lowest BCUT2D eigenvalue weighted by Crippen LogP contribution is -2.49. The molecule has 0 bridgehead atoms. The highest BCUT2D eigenvalue weighted by atomic mass is 35.5. The van der Waals surface area contributed by atoms with E-state index in [9.17, 15) is 0 Å². The van der Waals surface area contributed by atoms with Gasteiger partial charge in [0.15, 0.2) is 0 Å². The maximum atomic E-state index is 6.69. The zero-order valence-corrected chi connectivity index (χ0v) is 20.5. The number of rotatable bonds is 6. The van der Waals surface area contributed by atoms with Crippen molar-refractivity contribution in [3.05, 3.63) is 141 Å². The fourth-order valence-electron chi connectivity index (χ4n) is 5.09. The average molecular weight is 487 g/mol. The third kappa shape index (κ3) is 4.92. The fraction of sp³-hybridized carbons (Fsp3) is 0.200. The van der Waals surface area contributed by atoms with Crippen LogP contribution in [0.3, 0.4) is 0 Å². The van der Waals surface area contributed by atoms with Crippen molar-refractivity contribution in [3.8, 4) is 0 Å². The third-order valence-electron chi connectivity index (χ3n) is 6.71. The molecule has 172 valence electrons. The minimum atomic E-state index is 0.132. The number of hydrogen-bond acceptors (Lipinski definition) is 2. The fourth-order valence-corrected chi connectivity index (χ4v) is 5.57. The molecule has 0 saturated carbocycles. The number of piperazine rings is 1. The van der Waals surface area contributed by atoms with Crippen molar-refractivity contribution in [1.82, 2.24) is 9.80 Å². The van der Waals surface area contributed by atoms with Crippen molar-refractivity contribution in [3.63, 3.8) is 0 Å².